The predicted octanol–water partition coefficient (Wildman–Crippen LogP) is 2.09. The minimum absolute atomic E-state index is 0.243. The Balaban J connectivity index is 3.22. The number of hydrogen-bond acceptors (Lipinski definition) is 3. The molecule has 0 aliphatic heterocycles. The van der Waals surface area contributed by atoms with Gasteiger partial charge in [0.05, 0.1) is 12.6 Å². The zero-order chi connectivity index (χ0) is 14.5. The van der Waals surface area contributed by atoms with Crippen molar-refractivity contribution in [3.63, 3.8) is 0 Å². The van der Waals surface area contributed by atoms with Gasteiger partial charge >= 0.3 is 0 Å². The molecule has 0 saturated carbocycles. The van der Waals surface area contributed by atoms with E-state index in [4.69, 9.17) is 10.5 Å². The molecule has 19 heavy (non-hydrogen) atoms. The first kappa shape index (κ1) is 15.5. The number of hydrogen-bond donors (Lipinski definition) is 2. The Labute approximate surface area is 115 Å². The number of nitrogens with one attached hydrogen (secondary N) is 1. The highest BCUT2D eigenvalue weighted by Gasteiger charge is 2.31. The lowest BCUT2D eigenvalue weighted by Crippen LogP contribution is -2.43. The number of amides is 1. The van der Waals surface area contributed by atoms with Crippen molar-refractivity contribution in [3.8, 4) is 5.75 Å². The summed E-state index contributed by atoms with van der Waals surface area (Å²) in [5.74, 6) is 0.451. The minimum Gasteiger partial charge on any atom is -0.496 e. The van der Waals surface area contributed by atoms with Gasteiger partial charge in [0.25, 0.3) is 0 Å². The van der Waals surface area contributed by atoms with Crippen molar-refractivity contribution in [2.24, 2.45) is 5.73 Å². The Morgan fingerprint density at radius 1 is 1.47 bits per heavy atom. The van der Waals surface area contributed by atoms with Crippen LogP contribution < -0.4 is 15.8 Å². The number of primary amides is 1. The number of carbonyl (C=O) groups excluding carboxylic acids is 1. The number of carbonyl (C=O) groups is 1. The van der Waals surface area contributed by atoms with Gasteiger partial charge in [-0.1, -0.05) is 24.6 Å². The number of ether oxygens (including phenoxy) is 1. The molecule has 4 nitrogen and oxygen atoms in total. The van der Waals surface area contributed by atoms with Gasteiger partial charge in [-0.05, 0) is 32.9 Å². The van der Waals surface area contributed by atoms with E-state index in [9.17, 15) is 4.79 Å². The lowest BCUT2D eigenvalue weighted by Gasteiger charge is -2.32. The highest BCUT2D eigenvalue weighted by Crippen LogP contribution is 2.33. The van der Waals surface area contributed by atoms with E-state index in [1.165, 1.54) is 0 Å². The third-order valence-corrected chi connectivity index (χ3v) is 3.24. The lowest BCUT2D eigenvalue weighted by molar-refractivity contribution is -0.119. The van der Waals surface area contributed by atoms with Crippen LogP contribution in [0, 0.1) is 6.92 Å². The number of methoxy groups -OCH3 is 1. The summed E-state index contributed by atoms with van der Waals surface area (Å²) in [4.78, 5) is 11.4. The van der Waals surface area contributed by atoms with E-state index >= 15 is 0 Å². The molecule has 0 aliphatic carbocycles. The molecule has 1 amide bonds. The number of nitrogens with two attached hydrogens (primary N) is 1. The molecule has 3 N–H and O–H groups in total. The lowest BCUT2D eigenvalue weighted by atomic mass is 9.86. The summed E-state index contributed by atoms with van der Waals surface area (Å²) in [5, 5.41) is 3.41. The second-order valence-electron chi connectivity index (χ2n) is 5.11. The SMILES string of the molecule is CCCNC(C)(CC(N)=O)c1cc(C)ccc1OC. The van der Waals surface area contributed by atoms with Gasteiger partial charge in [-0.3, -0.25) is 4.79 Å². The molecule has 0 heterocycles. The second-order valence-corrected chi connectivity index (χ2v) is 5.11. The van der Waals surface area contributed by atoms with E-state index in [-0.39, 0.29) is 12.3 Å². The molecule has 0 saturated heterocycles. The number of rotatable bonds is 7. The zero-order valence-corrected chi connectivity index (χ0v) is 12.2. The Morgan fingerprint density at radius 3 is 2.68 bits per heavy atom. The summed E-state index contributed by atoms with van der Waals surface area (Å²) in [5.41, 5.74) is 7.00. The molecule has 106 valence electrons. The molecule has 0 bridgehead atoms. The van der Waals surface area contributed by atoms with Crippen LogP contribution in [0.3, 0.4) is 0 Å². The molecule has 0 radical (unpaired) electrons. The maximum Gasteiger partial charge on any atom is 0.219 e. The first-order valence-corrected chi connectivity index (χ1v) is 6.61. The zero-order valence-electron chi connectivity index (χ0n) is 12.2. The molecule has 0 fully saturated rings. The van der Waals surface area contributed by atoms with Crippen LogP contribution in [-0.4, -0.2) is 19.6 Å². The molecule has 1 atom stereocenters. The van der Waals surface area contributed by atoms with Gasteiger partial charge in [-0.15, -0.1) is 0 Å². The van der Waals surface area contributed by atoms with Gasteiger partial charge in [0.1, 0.15) is 5.75 Å². The van der Waals surface area contributed by atoms with Crippen LogP contribution in [0.2, 0.25) is 0 Å². The van der Waals surface area contributed by atoms with Crippen molar-refractivity contribution in [1.82, 2.24) is 5.32 Å². The number of aryl methyl sites for hydroxylation is 1. The first-order chi connectivity index (χ1) is 8.92. The van der Waals surface area contributed by atoms with Gasteiger partial charge in [-0.2, -0.15) is 0 Å². The molecule has 0 aliphatic rings. The fraction of sp³-hybridized carbons (Fsp3) is 0.533. The van der Waals surface area contributed by atoms with E-state index < -0.39 is 5.54 Å². The molecule has 1 unspecified atom stereocenters. The van der Waals surface area contributed by atoms with Crippen molar-refractivity contribution in [2.45, 2.75) is 39.2 Å². The highest BCUT2D eigenvalue weighted by atomic mass is 16.5. The number of benzene rings is 1. The molecule has 0 spiro atoms. The fourth-order valence-electron chi connectivity index (χ4n) is 2.26. The molecule has 1 aromatic rings. The van der Waals surface area contributed by atoms with E-state index in [1.807, 2.05) is 32.0 Å². The Kier molecular flexibility index (Phi) is 5.36. The standard InChI is InChI=1S/C15H24N2O2/c1-5-8-17-15(3,10-14(16)18)12-9-11(2)6-7-13(12)19-4/h6-7,9,17H,5,8,10H2,1-4H3,(H2,16,18). The Morgan fingerprint density at radius 2 is 2.16 bits per heavy atom. The summed E-state index contributed by atoms with van der Waals surface area (Å²) in [6.07, 6.45) is 1.23. The molecule has 1 rings (SSSR count). The van der Waals surface area contributed by atoms with Crippen molar-refractivity contribution >= 4 is 5.91 Å². The van der Waals surface area contributed by atoms with E-state index in [0.717, 1.165) is 29.8 Å². The highest BCUT2D eigenvalue weighted by molar-refractivity contribution is 5.75. The third-order valence-electron chi connectivity index (χ3n) is 3.24. The maximum absolute atomic E-state index is 11.4. The average Bonchev–Trinajstić information content (AvgIpc) is 2.35. The second kappa shape index (κ2) is 6.57. The minimum atomic E-state index is -0.501. The topological polar surface area (TPSA) is 64.3 Å². The van der Waals surface area contributed by atoms with Crippen LogP contribution in [0.1, 0.15) is 37.8 Å². The van der Waals surface area contributed by atoms with E-state index in [0.29, 0.717) is 0 Å². The van der Waals surface area contributed by atoms with Crippen molar-refractivity contribution < 1.29 is 9.53 Å². The maximum atomic E-state index is 11.4. The van der Waals surface area contributed by atoms with Crippen molar-refractivity contribution in [1.29, 1.82) is 0 Å². The van der Waals surface area contributed by atoms with Crippen LogP contribution in [-0.2, 0) is 10.3 Å². The summed E-state index contributed by atoms with van der Waals surface area (Å²) >= 11 is 0. The largest absolute Gasteiger partial charge is 0.496 e. The fourth-order valence-corrected chi connectivity index (χ4v) is 2.26. The smallest absolute Gasteiger partial charge is 0.219 e. The van der Waals surface area contributed by atoms with Crippen LogP contribution >= 0.6 is 0 Å². The Hall–Kier alpha value is -1.55. The third kappa shape index (κ3) is 3.96. The normalized spacial score (nSPS) is 13.9. The summed E-state index contributed by atoms with van der Waals surface area (Å²) in [6.45, 7) is 6.92. The molecule has 1 aromatic carbocycles. The van der Waals surface area contributed by atoms with Gasteiger partial charge in [0.2, 0.25) is 5.91 Å². The van der Waals surface area contributed by atoms with Crippen molar-refractivity contribution in [2.75, 3.05) is 13.7 Å². The summed E-state index contributed by atoms with van der Waals surface area (Å²) < 4.78 is 5.42. The monoisotopic (exact) mass is 264 g/mol. The molecular formula is C15H24N2O2. The summed E-state index contributed by atoms with van der Waals surface area (Å²) in [7, 11) is 1.64. The van der Waals surface area contributed by atoms with Crippen LogP contribution in [0.5, 0.6) is 5.75 Å². The van der Waals surface area contributed by atoms with E-state index in [2.05, 4.69) is 12.2 Å². The van der Waals surface area contributed by atoms with Gasteiger partial charge in [0, 0.05) is 12.0 Å². The summed E-state index contributed by atoms with van der Waals surface area (Å²) in [6, 6.07) is 5.97. The van der Waals surface area contributed by atoms with Gasteiger partial charge < -0.3 is 15.8 Å². The molecule has 0 aromatic heterocycles. The van der Waals surface area contributed by atoms with Gasteiger partial charge in [-0.25, -0.2) is 0 Å². The van der Waals surface area contributed by atoms with Crippen LogP contribution in [0.4, 0.5) is 0 Å². The first-order valence-electron chi connectivity index (χ1n) is 6.61. The quantitative estimate of drug-likeness (QED) is 0.792. The molecular weight excluding hydrogens is 240 g/mol. The average molecular weight is 264 g/mol. The Bertz CT molecular complexity index is 446. The van der Waals surface area contributed by atoms with E-state index in [1.54, 1.807) is 7.11 Å². The van der Waals surface area contributed by atoms with Crippen LogP contribution in [0.15, 0.2) is 18.2 Å². The molecule has 4 heteroatoms. The van der Waals surface area contributed by atoms with Crippen LogP contribution in [0.25, 0.3) is 0 Å². The van der Waals surface area contributed by atoms with Crippen molar-refractivity contribution in [3.05, 3.63) is 29.3 Å². The van der Waals surface area contributed by atoms with Gasteiger partial charge in [0.15, 0.2) is 0 Å². The predicted molar refractivity (Wildman–Crippen MR) is 77.2 cm³/mol.